The number of nitrogens with one attached hydrogen (secondary N) is 3. The van der Waals surface area contributed by atoms with Crippen LogP contribution in [0.1, 0.15) is 62.5 Å². The van der Waals surface area contributed by atoms with Gasteiger partial charge >= 0.3 is 12.1 Å². The Morgan fingerprint density at radius 2 is 1.76 bits per heavy atom. The molecule has 0 saturated heterocycles. The molecule has 12 nitrogen and oxygen atoms in total. The number of primary amides is 1. The lowest BCUT2D eigenvalue weighted by Crippen LogP contribution is -2.50. The van der Waals surface area contributed by atoms with Crippen molar-refractivity contribution >= 4 is 29.4 Å². The monoisotopic (exact) mass is 630 g/mol. The van der Waals surface area contributed by atoms with Gasteiger partial charge < -0.3 is 35.5 Å². The Kier molecular flexibility index (Phi) is 10.9. The molecule has 0 spiro atoms. The predicted molar refractivity (Wildman–Crippen MR) is 175 cm³/mol. The molecule has 1 aromatic heterocycles. The highest BCUT2D eigenvalue weighted by molar-refractivity contribution is 6.05. The summed E-state index contributed by atoms with van der Waals surface area (Å²) in [6.45, 7) is 6.00. The van der Waals surface area contributed by atoms with Crippen molar-refractivity contribution in [1.29, 1.82) is 0 Å². The number of carbonyl (C=O) groups is 3. The maximum absolute atomic E-state index is 13.3. The Hall–Kier alpha value is -5.10. The summed E-state index contributed by atoms with van der Waals surface area (Å²) in [7, 11) is 3.92. The van der Waals surface area contributed by atoms with E-state index in [1.165, 1.54) is 18.7 Å². The van der Waals surface area contributed by atoms with Crippen molar-refractivity contribution < 1.29 is 28.6 Å². The molecule has 46 heavy (non-hydrogen) atoms. The van der Waals surface area contributed by atoms with Crippen LogP contribution in [0, 0.1) is 0 Å². The summed E-state index contributed by atoms with van der Waals surface area (Å²) in [5, 5.41) is 8.33. The van der Waals surface area contributed by atoms with Gasteiger partial charge in [0.05, 0.1) is 11.4 Å². The van der Waals surface area contributed by atoms with E-state index >= 15 is 0 Å². The molecule has 0 saturated carbocycles. The van der Waals surface area contributed by atoms with Gasteiger partial charge in [0, 0.05) is 11.8 Å². The first-order valence-electron chi connectivity index (χ1n) is 15.1. The summed E-state index contributed by atoms with van der Waals surface area (Å²) >= 11 is 0. The highest BCUT2D eigenvalue weighted by Crippen LogP contribution is 2.38. The van der Waals surface area contributed by atoms with E-state index in [2.05, 4.69) is 27.0 Å². The van der Waals surface area contributed by atoms with E-state index in [4.69, 9.17) is 19.9 Å². The van der Waals surface area contributed by atoms with Gasteiger partial charge in [0.15, 0.2) is 11.5 Å². The molecule has 0 fully saturated rings. The molecule has 12 heteroatoms. The fourth-order valence-corrected chi connectivity index (χ4v) is 5.01. The minimum absolute atomic E-state index is 0.103. The second-order valence-electron chi connectivity index (χ2n) is 12.2. The first-order chi connectivity index (χ1) is 21.9. The van der Waals surface area contributed by atoms with Crippen LogP contribution in [0.3, 0.4) is 0 Å². The largest absolute Gasteiger partial charge is 0.459 e. The summed E-state index contributed by atoms with van der Waals surface area (Å²) in [5.74, 6) is 0.396. The van der Waals surface area contributed by atoms with Crippen LogP contribution in [0.15, 0.2) is 90.4 Å². The Morgan fingerprint density at radius 3 is 2.33 bits per heavy atom. The third-order valence-corrected chi connectivity index (χ3v) is 7.13. The summed E-state index contributed by atoms with van der Waals surface area (Å²) < 4.78 is 17.5. The molecule has 0 radical (unpaired) electrons. The van der Waals surface area contributed by atoms with Gasteiger partial charge in [-0.15, -0.1) is 0 Å². The van der Waals surface area contributed by atoms with Gasteiger partial charge in [-0.05, 0) is 90.9 Å². The number of carbonyl (C=O) groups excluding carboxylic acids is 3. The second-order valence-corrected chi connectivity index (χ2v) is 12.2. The van der Waals surface area contributed by atoms with E-state index < -0.39 is 29.2 Å². The molecule has 4 amide bonds. The third kappa shape index (κ3) is 8.98. The number of nitrogens with zero attached hydrogens (tertiary/aromatic N) is 2. The molecule has 1 aliphatic heterocycles. The van der Waals surface area contributed by atoms with Gasteiger partial charge in [-0.1, -0.05) is 36.4 Å². The van der Waals surface area contributed by atoms with Gasteiger partial charge in [0.2, 0.25) is 0 Å². The molecule has 0 bridgehead atoms. The molecule has 5 N–H and O–H groups in total. The maximum Gasteiger partial charge on any atom is 0.412 e. The number of benzene rings is 1. The lowest BCUT2D eigenvalue weighted by Gasteiger charge is -2.37. The quantitative estimate of drug-likeness (QED) is 0.239. The van der Waals surface area contributed by atoms with Crippen molar-refractivity contribution in [1.82, 2.24) is 15.2 Å². The zero-order valence-corrected chi connectivity index (χ0v) is 26.9. The normalized spacial score (nSPS) is 15.7. The van der Waals surface area contributed by atoms with Crippen LogP contribution < -0.4 is 21.7 Å². The van der Waals surface area contributed by atoms with Gasteiger partial charge in [-0.2, -0.15) is 0 Å². The van der Waals surface area contributed by atoms with Crippen molar-refractivity contribution in [2.75, 3.05) is 31.3 Å². The van der Waals surface area contributed by atoms with E-state index in [1.807, 2.05) is 31.1 Å². The van der Waals surface area contributed by atoms with Gasteiger partial charge in [0.1, 0.15) is 29.4 Å². The summed E-state index contributed by atoms with van der Waals surface area (Å²) in [4.78, 5) is 44.5. The van der Waals surface area contributed by atoms with Crippen LogP contribution in [0.5, 0.6) is 0 Å². The summed E-state index contributed by atoms with van der Waals surface area (Å²) in [6.07, 6.45) is 12.7. The molecule has 2 aromatic rings. The van der Waals surface area contributed by atoms with Crippen LogP contribution in [0.25, 0.3) is 0 Å². The standard InChI is InChI=1S/C34H42N6O6/c1-33(2,3)46-32(43)38-26-15-10-9-14-25(26)37-30(41)27-17-16-24(20-36-27)34(39-31(35)42,18-11-19-40(4)5)29-22-44-28(21-45-29)23-12-7-6-8-13-23/h6-7,9-10,12,14-17,20-22H,8,11,13,18-19H2,1-5H3,(H,37,41)(H,38,43)(H3,35,39,42). The molecule has 2 heterocycles. The van der Waals surface area contributed by atoms with Crippen LogP contribution in [0.4, 0.5) is 21.0 Å². The molecule has 1 atom stereocenters. The van der Waals surface area contributed by atoms with Gasteiger partial charge in [-0.3, -0.25) is 15.1 Å². The van der Waals surface area contributed by atoms with Crippen molar-refractivity contribution in [3.05, 3.63) is 102 Å². The smallest absolute Gasteiger partial charge is 0.412 e. The van der Waals surface area contributed by atoms with E-state index in [9.17, 15) is 14.4 Å². The van der Waals surface area contributed by atoms with Crippen molar-refractivity contribution in [2.45, 2.75) is 57.6 Å². The summed E-state index contributed by atoms with van der Waals surface area (Å²) in [6, 6.07) is 9.23. The number of ether oxygens (including phenoxy) is 3. The third-order valence-electron chi connectivity index (χ3n) is 7.13. The minimum Gasteiger partial charge on any atom is -0.459 e. The maximum atomic E-state index is 13.3. The molecule has 1 aromatic carbocycles. The van der Waals surface area contributed by atoms with Gasteiger partial charge in [-0.25, -0.2) is 9.59 Å². The number of hydrogen-bond acceptors (Lipinski definition) is 8. The fourth-order valence-electron chi connectivity index (χ4n) is 5.01. The lowest BCUT2D eigenvalue weighted by atomic mass is 9.84. The molecular weight excluding hydrogens is 588 g/mol. The number of urea groups is 1. The number of para-hydroxylation sites is 2. The predicted octanol–water partition coefficient (Wildman–Crippen LogP) is 5.89. The first kappa shape index (κ1) is 33.8. The molecule has 4 rings (SSSR count). The Labute approximate surface area is 269 Å². The van der Waals surface area contributed by atoms with Crippen LogP contribution >= 0.6 is 0 Å². The Balaban J connectivity index is 1.59. The van der Waals surface area contributed by atoms with Crippen LogP contribution in [0.2, 0.25) is 0 Å². The van der Waals surface area contributed by atoms with E-state index in [0.29, 0.717) is 41.3 Å². The molecular formula is C34H42N6O6. The average molecular weight is 631 g/mol. The zero-order chi connectivity index (χ0) is 33.3. The second kappa shape index (κ2) is 14.8. The number of pyridine rings is 1. The molecule has 244 valence electrons. The lowest BCUT2D eigenvalue weighted by molar-refractivity contribution is 0.0635. The topological polar surface area (TPSA) is 157 Å². The highest BCUT2D eigenvalue weighted by Gasteiger charge is 2.41. The van der Waals surface area contributed by atoms with Crippen LogP contribution in [-0.2, 0) is 19.7 Å². The van der Waals surface area contributed by atoms with E-state index in [1.54, 1.807) is 57.2 Å². The van der Waals surface area contributed by atoms with Crippen molar-refractivity contribution in [2.24, 2.45) is 5.73 Å². The molecule has 1 aliphatic carbocycles. The van der Waals surface area contributed by atoms with Gasteiger partial charge in [0.25, 0.3) is 5.91 Å². The zero-order valence-electron chi connectivity index (χ0n) is 26.9. The Bertz CT molecular complexity index is 1550. The number of anilines is 2. The highest BCUT2D eigenvalue weighted by atomic mass is 16.6. The Morgan fingerprint density at radius 1 is 1.02 bits per heavy atom. The summed E-state index contributed by atoms with van der Waals surface area (Å²) in [5.41, 5.74) is 6.15. The number of amides is 4. The molecule has 2 aliphatic rings. The number of allylic oxidation sites excluding steroid dienone is 4. The van der Waals surface area contributed by atoms with E-state index in [0.717, 1.165) is 25.0 Å². The average Bonchev–Trinajstić information content (AvgIpc) is 3.01. The van der Waals surface area contributed by atoms with Crippen molar-refractivity contribution in [3.63, 3.8) is 0 Å². The first-order valence-corrected chi connectivity index (χ1v) is 15.1. The number of aromatic nitrogens is 1. The van der Waals surface area contributed by atoms with Crippen molar-refractivity contribution in [3.8, 4) is 0 Å². The fraction of sp³-hybridized carbons (Fsp3) is 0.353. The minimum atomic E-state index is -1.24. The number of nitrogens with two attached hydrogens (primary N) is 1. The number of rotatable bonds is 11. The number of hydrogen-bond donors (Lipinski definition) is 4. The SMILES string of the molecule is CN(C)CCCC(NC(N)=O)(C1=COC(C2=CC=CCC2)=CO1)c1ccc(C(=O)Nc2ccccc2NC(=O)OC(C)(C)C)nc1. The van der Waals surface area contributed by atoms with E-state index in [-0.39, 0.29) is 5.69 Å². The van der Waals surface area contributed by atoms with Crippen LogP contribution in [-0.4, -0.2) is 54.2 Å². The molecule has 1 unspecified atom stereocenters.